The van der Waals surface area contributed by atoms with Crippen molar-refractivity contribution < 1.29 is 9.72 Å². The fourth-order valence-electron chi connectivity index (χ4n) is 3.26. The molecule has 1 aliphatic rings. The minimum atomic E-state index is -0.418. The number of aromatic amines is 1. The van der Waals surface area contributed by atoms with Crippen molar-refractivity contribution in [2.45, 2.75) is 38.5 Å². The first-order chi connectivity index (χ1) is 10.2. The minimum Gasteiger partial charge on any atom is -0.355 e. The molecule has 0 saturated heterocycles. The number of rotatable bonds is 3. The highest BCUT2D eigenvalue weighted by Gasteiger charge is 2.25. The van der Waals surface area contributed by atoms with Crippen LogP contribution in [0.1, 0.15) is 48.9 Å². The van der Waals surface area contributed by atoms with E-state index in [1.165, 1.54) is 18.9 Å². The Bertz CT molecular complexity index is 682. The lowest BCUT2D eigenvalue weighted by atomic mass is 9.91. The number of H-pyrrole nitrogens is 1. The molecular formula is C16H18N2O3. The number of nitro benzene ring substituents is 1. The van der Waals surface area contributed by atoms with Crippen LogP contribution >= 0.6 is 0 Å². The van der Waals surface area contributed by atoms with Crippen molar-refractivity contribution in [1.29, 1.82) is 0 Å². The van der Waals surface area contributed by atoms with Crippen LogP contribution in [0.2, 0.25) is 0 Å². The highest BCUT2D eigenvalue weighted by Crippen LogP contribution is 2.31. The molecule has 0 amide bonds. The van der Waals surface area contributed by atoms with E-state index >= 15 is 0 Å². The van der Waals surface area contributed by atoms with Crippen LogP contribution in [-0.2, 0) is 0 Å². The van der Waals surface area contributed by atoms with Crippen molar-refractivity contribution in [3.63, 3.8) is 0 Å². The van der Waals surface area contributed by atoms with Gasteiger partial charge >= 0.3 is 0 Å². The number of hydrogen-bond donors (Lipinski definition) is 1. The number of Topliss-reactive ketones (excluding diaryl/α,β-unsaturated/α-hetero) is 1. The number of para-hydroxylation sites is 1. The smallest absolute Gasteiger partial charge is 0.293 e. The average Bonchev–Trinajstić information content (AvgIpc) is 2.72. The number of non-ortho nitro benzene ring substituents is 1. The molecule has 1 N–H and O–H groups in total. The molecule has 1 aromatic carbocycles. The third-order valence-corrected chi connectivity index (χ3v) is 4.38. The van der Waals surface area contributed by atoms with Crippen LogP contribution in [0, 0.1) is 16.0 Å². The molecule has 0 aliphatic heterocycles. The Morgan fingerprint density at radius 2 is 1.90 bits per heavy atom. The Labute approximate surface area is 122 Å². The van der Waals surface area contributed by atoms with E-state index in [0.717, 1.165) is 25.7 Å². The first-order valence-electron chi connectivity index (χ1n) is 7.47. The van der Waals surface area contributed by atoms with Gasteiger partial charge in [0.2, 0.25) is 0 Å². The molecule has 1 saturated carbocycles. The zero-order valence-corrected chi connectivity index (χ0v) is 11.8. The minimum absolute atomic E-state index is 0.0208. The molecule has 1 heterocycles. The summed E-state index contributed by atoms with van der Waals surface area (Å²) in [5.74, 6) is 0.189. The van der Waals surface area contributed by atoms with Gasteiger partial charge in [-0.3, -0.25) is 14.9 Å². The summed E-state index contributed by atoms with van der Waals surface area (Å²) in [6.45, 7) is 0. The van der Waals surface area contributed by atoms with Gasteiger partial charge in [-0.2, -0.15) is 0 Å². The summed E-state index contributed by atoms with van der Waals surface area (Å²) >= 11 is 0. The van der Waals surface area contributed by atoms with Crippen molar-refractivity contribution in [2.24, 2.45) is 5.92 Å². The number of carbonyl (C=O) groups is 1. The third kappa shape index (κ3) is 2.55. The van der Waals surface area contributed by atoms with Gasteiger partial charge in [0.1, 0.15) is 5.52 Å². The van der Waals surface area contributed by atoms with Crippen molar-refractivity contribution in [1.82, 2.24) is 4.98 Å². The molecule has 1 aromatic heterocycles. The zero-order valence-electron chi connectivity index (χ0n) is 11.8. The molecule has 0 bridgehead atoms. The Balaban J connectivity index is 1.98. The van der Waals surface area contributed by atoms with Crippen molar-refractivity contribution in [2.75, 3.05) is 0 Å². The van der Waals surface area contributed by atoms with Crippen LogP contribution in [0.3, 0.4) is 0 Å². The number of ketones is 1. The summed E-state index contributed by atoms with van der Waals surface area (Å²) in [7, 11) is 0. The number of fused-ring (bicyclic) bond motifs is 1. The SMILES string of the molecule is O=C(c1c[nH]c2c([N+](=O)[O-])cccc12)C1CCCCCC1. The molecule has 5 nitrogen and oxygen atoms in total. The maximum absolute atomic E-state index is 12.7. The van der Waals surface area contributed by atoms with E-state index in [-0.39, 0.29) is 17.4 Å². The number of aromatic nitrogens is 1. The van der Waals surface area contributed by atoms with Crippen LogP contribution < -0.4 is 0 Å². The number of nitro groups is 1. The molecule has 1 aliphatic carbocycles. The molecule has 21 heavy (non-hydrogen) atoms. The van der Waals surface area contributed by atoms with Gasteiger partial charge in [-0.15, -0.1) is 0 Å². The Kier molecular flexibility index (Phi) is 3.73. The number of carbonyl (C=O) groups excluding carboxylic acids is 1. The molecule has 0 spiro atoms. The van der Waals surface area contributed by atoms with Crippen LogP contribution in [0.5, 0.6) is 0 Å². The summed E-state index contributed by atoms with van der Waals surface area (Å²) in [6, 6.07) is 4.87. The van der Waals surface area contributed by atoms with Crippen molar-refractivity contribution in [3.8, 4) is 0 Å². The van der Waals surface area contributed by atoms with Crippen LogP contribution in [0.4, 0.5) is 5.69 Å². The van der Waals surface area contributed by atoms with E-state index < -0.39 is 4.92 Å². The molecule has 3 rings (SSSR count). The molecular weight excluding hydrogens is 268 g/mol. The number of nitrogens with zero attached hydrogens (tertiary/aromatic N) is 1. The summed E-state index contributed by atoms with van der Waals surface area (Å²) < 4.78 is 0. The normalized spacial score (nSPS) is 16.8. The van der Waals surface area contributed by atoms with Crippen molar-refractivity contribution in [3.05, 3.63) is 40.1 Å². The number of hydrogen-bond acceptors (Lipinski definition) is 3. The summed E-state index contributed by atoms with van der Waals surface area (Å²) in [6.07, 6.45) is 8.08. The van der Waals surface area contributed by atoms with Gasteiger partial charge < -0.3 is 4.98 Å². The third-order valence-electron chi connectivity index (χ3n) is 4.38. The molecule has 2 aromatic rings. The standard InChI is InChI=1S/C16H18N2O3/c19-16(11-6-3-1-2-4-7-11)13-10-17-15-12(13)8-5-9-14(15)18(20)21/h5,8-11,17H,1-4,6-7H2. The highest BCUT2D eigenvalue weighted by molar-refractivity contribution is 6.10. The van der Waals surface area contributed by atoms with Gasteiger partial charge in [-0.05, 0) is 12.8 Å². The van der Waals surface area contributed by atoms with Gasteiger partial charge in [0.25, 0.3) is 5.69 Å². The van der Waals surface area contributed by atoms with E-state index in [4.69, 9.17) is 0 Å². The van der Waals surface area contributed by atoms with Crippen LogP contribution in [-0.4, -0.2) is 15.7 Å². The van der Waals surface area contributed by atoms with E-state index in [0.29, 0.717) is 16.5 Å². The number of nitrogens with one attached hydrogen (secondary N) is 1. The van der Waals surface area contributed by atoms with Gasteiger partial charge in [-0.1, -0.05) is 37.8 Å². The van der Waals surface area contributed by atoms with Gasteiger partial charge in [-0.25, -0.2) is 0 Å². The average molecular weight is 286 g/mol. The second-order valence-corrected chi connectivity index (χ2v) is 5.71. The highest BCUT2D eigenvalue weighted by atomic mass is 16.6. The second kappa shape index (κ2) is 5.68. The van der Waals surface area contributed by atoms with E-state index in [2.05, 4.69) is 4.98 Å². The van der Waals surface area contributed by atoms with E-state index in [1.54, 1.807) is 18.3 Å². The van der Waals surface area contributed by atoms with Crippen LogP contribution in [0.15, 0.2) is 24.4 Å². The van der Waals surface area contributed by atoms with E-state index in [9.17, 15) is 14.9 Å². The Hall–Kier alpha value is -2.17. The molecule has 110 valence electrons. The fraction of sp³-hybridized carbons (Fsp3) is 0.438. The lowest BCUT2D eigenvalue weighted by Gasteiger charge is -2.11. The molecule has 0 radical (unpaired) electrons. The quantitative estimate of drug-likeness (QED) is 0.397. The first-order valence-corrected chi connectivity index (χ1v) is 7.47. The zero-order chi connectivity index (χ0) is 14.8. The summed E-state index contributed by atoms with van der Waals surface area (Å²) in [5, 5.41) is 11.7. The van der Waals surface area contributed by atoms with Gasteiger partial charge in [0, 0.05) is 29.1 Å². The molecule has 5 heteroatoms. The second-order valence-electron chi connectivity index (χ2n) is 5.71. The topological polar surface area (TPSA) is 76.0 Å². The summed E-state index contributed by atoms with van der Waals surface area (Å²) in [4.78, 5) is 26.3. The fourth-order valence-corrected chi connectivity index (χ4v) is 3.26. The van der Waals surface area contributed by atoms with Gasteiger partial charge in [0.15, 0.2) is 5.78 Å². The molecule has 0 unspecified atom stereocenters. The monoisotopic (exact) mass is 286 g/mol. The van der Waals surface area contributed by atoms with Crippen molar-refractivity contribution >= 4 is 22.4 Å². The predicted octanol–water partition coefficient (Wildman–Crippen LogP) is 4.23. The Morgan fingerprint density at radius 1 is 1.19 bits per heavy atom. The number of benzene rings is 1. The summed E-state index contributed by atoms with van der Waals surface area (Å²) in [5.41, 5.74) is 1.06. The predicted molar refractivity (Wildman–Crippen MR) is 80.5 cm³/mol. The largest absolute Gasteiger partial charge is 0.355 e. The maximum atomic E-state index is 12.7. The first kappa shape index (κ1) is 13.8. The van der Waals surface area contributed by atoms with Gasteiger partial charge in [0.05, 0.1) is 4.92 Å². The lowest BCUT2D eigenvalue weighted by Crippen LogP contribution is -2.13. The molecule has 0 atom stereocenters. The lowest BCUT2D eigenvalue weighted by molar-refractivity contribution is -0.383. The Morgan fingerprint density at radius 3 is 2.57 bits per heavy atom. The van der Waals surface area contributed by atoms with E-state index in [1.807, 2.05) is 0 Å². The molecule has 1 fully saturated rings. The maximum Gasteiger partial charge on any atom is 0.293 e. The van der Waals surface area contributed by atoms with Crippen LogP contribution in [0.25, 0.3) is 10.9 Å².